The molecule has 0 aromatic heterocycles. The third kappa shape index (κ3) is 2.09. The molecule has 0 fully saturated rings. The molecule has 1 unspecified atom stereocenters. The summed E-state index contributed by atoms with van der Waals surface area (Å²) >= 11 is 0. The Morgan fingerprint density at radius 1 is 1.50 bits per heavy atom. The van der Waals surface area contributed by atoms with E-state index in [1.54, 1.807) is 13.1 Å². The number of fused-ring (bicyclic) bond motifs is 1. The largest absolute Gasteiger partial charge is 0.454 e. The van der Waals surface area contributed by atoms with Gasteiger partial charge in [-0.25, -0.2) is 0 Å². The molecule has 1 aromatic rings. The Morgan fingerprint density at radius 3 is 3.00 bits per heavy atom. The number of hydrogen-bond donors (Lipinski definition) is 2. The summed E-state index contributed by atoms with van der Waals surface area (Å²) < 4.78 is 10.4. The highest BCUT2D eigenvalue weighted by Crippen LogP contribution is 2.34. The number of ether oxygens (including phenoxy) is 2. The number of amides is 1. The van der Waals surface area contributed by atoms with E-state index in [2.05, 4.69) is 5.32 Å². The van der Waals surface area contributed by atoms with Gasteiger partial charge in [0.05, 0.1) is 0 Å². The molecule has 1 atom stereocenters. The molecule has 1 aliphatic rings. The molecule has 5 heteroatoms. The van der Waals surface area contributed by atoms with Crippen molar-refractivity contribution in [2.75, 3.05) is 13.8 Å². The molecule has 5 nitrogen and oxygen atoms in total. The summed E-state index contributed by atoms with van der Waals surface area (Å²) in [6, 6.07) is 5.15. The minimum absolute atomic E-state index is 0.0785. The van der Waals surface area contributed by atoms with Gasteiger partial charge in [0.25, 0.3) is 0 Å². The lowest BCUT2D eigenvalue weighted by Gasteiger charge is -2.11. The standard InChI is InChI=1S/C11H14N2O3/c1-13-11(14)5-8(12)7-2-3-9-10(4-7)16-6-15-9/h2-4,8H,5-6,12H2,1H3,(H,13,14). The van der Waals surface area contributed by atoms with E-state index < -0.39 is 0 Å². The van der Waals surface area contributed by atoms with Crippen molar-refractivity contribution in [3.05, 3.63) is 23.8 Å². The van der Waals surface area contributed by atoms with E-state index in [0.29, 0.717) is 5.75 Å². The van der Waals surface area contributed by atoms with Crippen molar-refractivity contribution in [1.82, 2.24) is 5.32 Å². The fourth-order valence-electron chi connectivity index (χ4n) is 1.56. The van der Waals surface area contributed by atoms with Crippen molar-refractivity contribution in [1.29, 1.82) is 0 Å². The number of nitrogens with two attached hydrogens (primary N) is 1. The average molecular weight is 222 g/mol. The molecule has 0 radical (unpaired) electrons. The van der Waals surface area contributed by atoms with Crippen molar-refractivity contribution in [2.24, 2.45) is 5.73 Å². The van der Waals surface area contributed by atoms with Gasteiger partial charge in [0, 0.05) is 19.5 Å². The first-order chi connectivity index (χ1) is 7.70. The first-order valence-electron chi connectivity index (χ1n) is 5.06. The minimum atomic E-state index is -0.325. The maximum atomic E-state index is 11.2. The van der Waals surface area contributed by atoms with Crippen LogP contribution in [-0.4, -0.2) is 19.7 Å². The zero-order chi connectivity index (χ0) is 11.5. The zero-order valence-electron chi connectivity index (χ0n) is 9.03. The van der Waals surface area contributed by atoms with Gasteiger partial charge in [-0.1, -0.05) is 6.07 Å². The molecule has 16 heavy (non-hydrogen) atoms. The highest BCUT2D eigenvalue weighted by molar-refractivity contribution is 5.76. The second-order valence-corrected chi connectivity index (χ2v) is 3.60. The Morgan fingerprint density at radius 2 is 2.25 bits per heavy atom. The number of carbonyl (C=O) groups excluding carboxylic acids is 1. The van der Waals surface area contributed by atoms with Gasteiger partial charge in [-0.2, -0.15) is 0 Å². The molecule has 3 N–H and O–H groups in total. The van der Waals surface area contributed by atoms with Crippen molar-refractivity contribution in [2.45, 2.75) is 12.5 Å². The second kappa shape index (κ2) is 4.40. The SMILES string of the molecule is CNC(=O)CC(N)c1ccc2c(c1)OCO2. The summed E-state index contributed by atoms with van der Waals surface area (Å²) in [5.41, 5.74) is 6.78. The van der Waals surface area contributed by atoms with E-state index in [1.807, 2.05) is 12.1 Å². The maximum Gasteiger partial charge on any atom is 0.231 e. The van der Waals surface area contributed by atoms with Crippen molar-refractivity contribution < 1.29 is 14.3 Å². The molecule has 1 aromatic carbocycles. The van der Waals surface area contributed by atoms with Crippen LogP contribution >= 0.6 is 0 Å². The van der Waals surface area contributed by atoms with Gasteiger partial charge >= 0.3 is 0 Å². The Kier molecular flexibility index (Phi) is 2.96. The number of rotatable bonds is 3. The van der Waals surface area contributed by atoms with Crippen LogP contribution in [0, 0.1) is 0 Å². The lowest BCUT2D eigenvalue weighted by molar-refractivity contribution is -0.120. The Hall–Kier alpha value is -1.75. The molecule has 0 bridgehead atoms. The highest BCUT2D eigenvalue weighted by Gasteiger charge is 2.17. The zero-order valence-corrected chi connectivity index (χ0v) is 9.03. The molecule has 0 spiro atoms. The van der Waals surface area contributed by atoms with Gasteiger partial charge in [0.1, 0.15) is 0 Å². The van der Waals surface area contributed by atoms with E-state index in [1.165, 1.54) is 0 Å². The van der Waals surface area contributed by atoms with Gasteiger partial charge in [-0.15, -0.1) is 0 Å². The number of nitrogens with one attached hydrogen (secondary N) is 1. The predicted octanol–water partition coefficient (Wildman–Crippen LogP) is 0.551. The molecule has 0 saturated carbocycles. The van der Waals surface area contributed by atoms with Gasteiger partial charge in [-0.3, -0.25) is 4.79 Å². The first-order valence-corrected chi connectivity index (χ1v) is 5.06. The lowest BCUT2D eigenvalue weighted by Crippen LogP contribution is -2.24. The monoisotopic (exact) mass is 222 g/mol. The van der Waals surface area contributed by atoms with E-state index in [9.17, 15) is 4.79 Å². The van der Waals surface area contributed by atoms with E-state index in [-0.39, 0.29) is 25.2 Å². The minimum Gasteiger partial charge on any atom is -0.454 e. The summed E-state index contributed by atoms with van der Waals surface area (Å²) in [6.07, 6.45) is 0.260. The van der Waals surface area contributed by atoms with Crippen LogP contribution in [-0.2, 0) is 4.79 Å². The summed E-state index contributed by atoms with van der Waals surface area (Å²) in [7, 11) is 1.59. The molecule has 1 aliphatic heterocycles. The Bertz CT molecular complexity index is 406. The van der Waals surface area contributed by atoms with Crippen LogP contribution in [0.25, 0.3) is 0 Å². The molecule has 1 amide bonds. The molecule has 0 saturated heterocycles. The third-order valence-electron chi connectivity index (χ3n) is 2.51. The van der Waals surface area contributed by atoms with Gasteiger partial charge < -0.3 is 20.5 Å². The Labute approximate surface area is 93.5 Å². The molecular weight excluding hydrogens is 208 g/mol. The molecular formula is C11H14N2O3. The van der Waals surface area contributed by atoms with Crippen molar-refractivity contribution in [3.63, 3.8) is 0 Å². The van der Waals surface area contributed by atoms with Gasteiger partial charge in [0.15, 0.2) is 11.5 Å². The van der Waals surface area contributed by atoms with Gasteiger partial charge in [0.2, 0.25) is 12.7 Å². The summed E-state index contributed by atoms with van der Waals surface area (Å²) in [6.45, 7) is 0.240. The van der Waals surface area contributed by atoms with Crippen LogP contribution < -0.4 is 20.5 Å². The molecule has 0 aliphatic carbocycles. The Balaban J connectivity index is 2.12. The second-order valence-electron chi connectivity index (χ2n) is 3.60. The summed E-state index contributed by atoms with van der Waals surface area (Å²) in [5.74, 6) is 1.32. The van der Waals surface area contributed by atoms with Crippen LogP contribution in [0.3, 0.4) is 0 Å². The molecule has 1 heterocycles. The fraction of sp³-hybridized carbons (Fsp3) is 0.364. The van der Waals surface area contributed by atoms with Gasteiger partial charge in [-0.05, 0) is 17.7 Å². The smallest absolute Gasteiger partial charge is 0.231 e. The number of benzene rings is 1. The van der Waals surface area contributed by atoms with Crippen LogP contribution in [0.5, 0.6) is 11.5 Å². The topological polar surface area (TPSA) is 73.6 Å². The third-order valence-corrected chi connectivity index (χ3v) is 2.51. The average Bonchev–Trinajstić information content (AvgIpc) is 2.75. The van der Waals surface area contributed by atoms with Crippen LogP contribution in [0.15, 0.2) is 18.2 Å². The van der Waals surface area contributed by atoms with E-state index >= 15 is 0 Å². The van der Waals surface area contributed by atoms with Crippen LogP contribution in [0.1, 0.15) is 18.0 Å². The van der Waals surface area contributed by atoms with E-state index in [4.69, 9.17) is 15.2 Å². The predicted molar refractivity (Wildman–Crippen MR) is 58.2 cm³/mol. The van der Waals surface area contributed by atoms with E-state index in [0.717, 1.165) is 11.3 Å². The molecule has 86 valence electrons. The van der Waals surface area contributed by atoms with Crippen molar-refractivity contribution >= 4 is 5.91 Å². The van der Waals surface area contributed by atoms with Crippen LogP contribution in [0.2, 0.25) is 0 Å². The lowest BCUT2D eigenvalue weighted by atomic mass is 10.0. The summed E-state index contributed by atoms with van der Waals surface area (Å²) in [4.78, 5) is 11.2. The fourth-order valence-corrected chi connectivity index (χ4v) is 1.56. The van der Waals surface area contributed by atoms with Crippen LogP contribution in [0.4, 0.5) is 0 Å². The first kappa shape index (κ1) is 10.8. The number of hydrogen-bond acceptors (Lipinski definition) is 4. The maximum absolute atomic E-state index is 11.2. The summed E-state index contributed by atoms with van der Waals surface area (Å²) in [5, 5.41) is 2.54. The van der Waals surface area contributed by atoms with Crippen molar-refractivity contribution in [3.8, 4) is 11.5 Å². The quantitative estimate of drug-likeness (QED) is 0.783. The highest BCUT2D eigenvalue weighted by atomic mass is 16.7. The number of carbonyl (C=O) groups is 1. The normalized spacial score (nSPS) is 14.6. The molecule has 2 rings (SSSR count).